The second-order valence-corrected chi connectivity index (χ2v) is 3.89. The van der Waals surface area contributed by atoms with Crippen LogP contribution in [0, 0.1) is 0 Å². The molecule has 10 heteroatoms. The Bertz CT molecular complexity index is 463. The van der Waals surface area contributed by atoms with Gasteiger partial charge in [0.05, 0.1) is 19.8 Å². The van der Waals surface area contributed by atoms with Crippen LogP contribution in [0.15, 0.2) is 5.51 Å². The molecule has 116 valence electrons. The summed E-state index contributed by atoms with van der Waals surface area (Å²) in [5.41, 5.74) is 1.49. The monoisotopic (exact) mass is 317 g/mol. The minimum atomic E-state index is -0.964. The van der Waals surface area contributed by atoms with Gasteiger partial charge in [-0.25, -0.2) is 9.59 Å². The van der Waals surface area contributed by atoms with Crippen molar-refractivity contribution in [2.24, 2.45) is 0 Å². The number of ether oxygens (including phenoxy) is 2. The standard InChI is InChI=1S/C6H9NO4.C5H6N2O2S/c1-2-11-6(10)5(9)7-3-4-8;1-2-9-5(8)4-7-6-3-10-4/h4H,2-3H2,1H3,(H,7,9);3H,2H2,1H3. The number of hydrogen-bond donors (Lipinski definition) is 1. The Balaban J connectivity index is 0.000000382. The zero-order valence-electron chi connectivity index (χ0n) is 11.5. The van der Waals surface area contributed by atoms with E-state index in [-0.39, 0.29) is 13.2 Å². The number of aromatic nitrogens is 2. The summed E-state index contributed by atoms with van der Waals surface area (Å²) < 4.78 is 8.99. The van der Waals surface area contributed by atoms with Gasteiger partial charge < -0.3 is 19.6 Å². The predicted molar refractivity (Wildman–Crippen MR) is 71.6 cm³/mol. The molecule has 0 spiro atoms. The molecule has 0 aromatic carbocycles. The Morgan fingerprint density at radius 2 is 1.95 bits per heavy atom. The number of rotatable bonds is 5. The summed E-state index contributed by atoms with van der Waals surface area (Å²) in [5, 5.41) is 9.36. The first-order valence-corrected chi connectivity index (χ1v) is 6.76. The number of aldehydes is 1. The van der Waals surface area contributed by atoms with Gasteiger partial charge in [-0.1, -0.05) is 11.3 Å². The molecule has 0 aliphatic heterocycles. The molecule has 0 saturated heterocycles. The third-order valence-corrected chi connectivity index (χ3v) is 2.29. The van der Waals surface area contributed by atoms with Crippen LogP contribution in [0.1, 0.15) is 23.6 Å². The highest BCUT2D eigenvalue weighted by Crippen LogP contribution is 2.02. The van der Waals surface area contributed by atoms with Gasteiger partial charge in [-0.3, -0.25) is 4.79 Å². The first kappa shape index (κ1) is 18.6. The molecule has 0 saturated carbocycles. The lowest BCUT2D eigenvalue weighted by atomic mass is 10.6. The number of carbonyl (C=O) groups excluding carboxylic acids is 4. The van der Waals surface area contributed by atoms with Crippen molar-refractivity contribution >= 4 is 35.5 Å². The molecule has 0 aliphatic rings. The normalized spacial score (nSPS) is 8.86. The average Bonchev–Trinajstić information content (AvgIpc) is 3.00. The second kappa shape index (κ2) is 11.5. The van der Waals surface area contributed by atoms with E-state index in [0.29, 0.717) is 17.9 Å². The van der Waals surface area contributed by atoms with Crippen LogP contribution in [-0.2, 0) is 23.9 Å². The molecule has 1 heterocycles. The van der Waals surface area contributed by atoms with Crippen LogP contribution in [0.5, 0.6) is 0 Å². The van der Waals surface area contributed by atoms with Crippen molar-refractivity contribution in [3.05, 3.63) is 10.5 Å². The van der Waals surface area contributed by atoms with Gasteiger partial charge in [0.2, 0.25) is 5.01 Å². The Hall–Kier alpha value is -2.36. The van der Waals surface area contributed by atoms with Gasteiger partial charge in [0.25, 0.3) is 0 Å². The Labute approximate surface area is 124 Å². The number of esters is 2. The topological polar surface area (TPSA) is 125 Å². The van der Waals surface area contributed by atoms with Crippen molar-refractivity contribution in [2.45, 2.75) is 13.8 Å². The number of amides is 1. The largest absolute Gasteiger partial charge is 0.461 e. The smallest absolute Gasteiger partial charge is 0.396 e. The van der Waals surface area contributed by atoms with E-state index in [1.807, 2.05) is 5.32 Å². The molecule has 1 amide bonds. The highest BCUT2D eigenvalue weighted by Gasteiger charge is 2.12. The molecule has 1 rings (SSSR count). The van der Waals surface area contributed by atoms with E-state index in [4.69, 9.17) is 0 Å². The molecule has 0 radical (unpaired) electrons. The van der Waals surface area contributed by atoms with E-state index < -0.39 is 17.8 Å². The summed E-state index contributed by atoms with van der Waals surface area (Å²) in [6.45, 7) is 3.69. The zero-order valence-corrected chi connectivity index (χ0v) is 12.3. The van der Waals surface area contributed by atoms with Gasteiger partial charge in [-0.05, 0) is 13.8 Å². The van der Waals surface area contributed by atoms with Crippen LogP contribution in [0.25, 0.3) is 0 Å². The van der Waals surface area contributed by atoms with Crippen LogP contribution in [-0.4, -0.2) is 54.1 Å². The summed E-state index contributed by atoms with van der Waals surface area (Å²) in [7, 11) is 0. The summed E-state index contributed by atoms with van der Waals surface area (Å²) in [5.74, 6) is -2.25. The van der Waals surface area contributed by atoms with E-state index in [1.165, 1.54) is 16.8 Å². The van der Waals surface area contributed by atoms with E-state index in [1.54, 1.807) is 13.8 Å². The van der Waals surface area contributed by atoms with E-state index in [9.17, 15) is 19.2 Å². The number of carbonyl (C=O) groups is 4. The molecule has 0 atom stereocenters. The molecular formula is C11H15N3O6S. The van der Waals surface area contributed by atoms with Crippen LogP contribution < -0.4 is 5.32 Å². The lowest BCUT2D eigenvalue weighted by Crippen LogP contribution is -2.33. The van der Waals surface area contributed by atoms with Crippen molar-refractivity contribution in [3.8, 4) is 0 Å². The quantitative estimate of drug-likeness (QED) is 0.441. The van der Waals surface area contributed by atoms with Gasteiger partial charge in [0.1, 0.15) is 11.8 Å². The van der Waals surface area contributed by atoms with Crippen molar-refractivity contribution in [3.63, 3.8) is 0 Å². The molecule has 1 N–H and O–H groups in total. The van der Waals surface area contributed by atoms with Crippen LogP contribution in [0.4, 0.5) is 0 Å². The lowest BCUT2D eigenvalue weighted by molar-refractivity contribution is -0.154. The SMILES string of the molecule is CCOC(=O)C(=O)NCC=O.CCOC(=O)c1nncs1. The van der Waals surface area contributed by atoms with Gasteiger partial charge in [0.15, 0.2) is 0 Å². The third kappa shape index (κ3) is 8.42. The van der Waals surface area contributed by atoms with Gasteiger partial charge in [0, 0.05) is 0 Å². The average molecular weight is 317 g/mol. The molecule has 0 aliphatic carbocycles. The maximum absolute atomic E-state index is 10.8. The summed E-state index contributed by atoms with van der Waals surface area (Å²) in [4.78, 5) is 41.6. The third-order valence-electron chi connectivity index (χ3n) is 1.62. The number of nitrogens with one attached hydrogen (secondary N) is 1. The predicted octanol–water partition coefficient (Wildman–Crippen LogP) is -0.421. The van der Waals surface area contributed by atoms with Crippen LogP contribution in [0.2, 0.25) is 0 Å². The molecular weight excluding hydrogens is 302 g/mol. The minimum absolute atomic E-state index is 0.146. The molecule has 1 aromatic rings. The van der Waals surface area contributed by atoms with Gasteiger partial charge in [-0.15, -0.1) is 10.2 Å². The molecule has 0 bridgehead atoms. The fourth-order valence-electron chi connectivity index (χ4n) is 0.858. The fourth-order valence-corrected chi connectivity index (χ4v) is 1.30. The maximum atomic E-state index is 10.8. The second-order valence-electron chi connectivity index (χ2n) is 3.06. The molecule has 0 fully saturated rings. The van der Waals surface area contributed by atoms with Crippen molar-refractivity contribution in [1.29, 1.82) is 0 Å². The Morgan fingerprint density at radius 1 is 1.29 bits per heavy atom. The lowest BCUT2D eigenvalue weighted by Gasteiger charge is -1.99. The van der Waals surface area contributed by atoms with E-state index >= 15 is 0 Å². The number of nitrogens with zero attached hydrogens (tertiary/aromatic N) is 2. The molecule has 0 unspecified atom stereocenters. The summed E-state index contributed by atoms with van der Waals surface area (Å²) >= 11 is 1.17. The zero-order chi connectivity index (χ0) is 16.1. The maximum Gasteiger partial charge on any atom is 0.396 e. The summed E-state index contributed by atoms with van der Waals surface area (Å²) in [6.07, 6.45) is 0.483. The highest BCUT2D eigenvalue weighted by atomic mass is 32.1. The van der Waals surface area contributed by atoms with E-state index in [0.717, 1.165) is 0 Å². The first-order valence-electron chi connectivity index (χ1n) is 5.88. The van der Waals surface area contributed by atoms with E-state index in [2.05, 4.69) is 19.7 Å². The van der Waals surface area contributed by atoms with Gasteiger partial charge in [-0.2, -0.15) is 0 Å². The molecule has 21 heavy (non-hydrogen) atoms. The van der Waals surface area contributed by atoms with Crippen LogP contribution in [0.3, 0.4) is 0 Å². The molecule has 9 nitrogen and oxygen atoms in total. The Morgan fingerprint density at radius 3 is 2.43 bits per heavy atom. The van der Waals surface area contributed by atoms with Gasteiger partial charge >= 0.3 is 17.8 Å². The highest BCUT2D eigenvalue weighted by molar-refractivity contribution is 7.11. The van der Waals surface area contributed by atoms with Crippen molar-refractivity contribution in [2.75, 3.05) is 19.8 Å². The minimum Gasteiger partial charge on any atom is -0.461 e. The number of hydrogen-bond acceptors (Lipinski definition) is 9. The Kier molecular flexibility index (Phi) is 10.2. The summed E-state index contributed by atoms with van der Waals surface area (Å²) in [6, 6.07) is 0. The molecule has 1 aromatic heterocycles. The van der Waals surface area contributed by atoms with Crippen molar-refractivity contribution < 1.29 is 28.7 Å². The van der Waals surface area contributed by atoms with Crippen LogP contribution >= 0.6 is 11.3 Å². The first-order chi connectivity index (χ1) is 10.1. The fraction of sp³-hybridized carbons (Fsp3) is 0.455. The van der Waals surface area contributed by atoms with Crippen molar-refractivity contribution in [1.82, 2.24) is 15.5 Å².